The second kappa shape index (κ2) is 11.5. The number of unbranched alkanes of at least 4 members (excludes halogenated alkanes) is 6. The van der Waals surface area contributed by atoms with Crippen molar-refractivity contribution in [2.24, 2.45) is 0 Å². The van der Waals surface area contributed by atoms with Gasteiger partial charge in [0.1, 0.15) is 0 Å². The lowest BCUT2D eigenvalue weighted by atomic mass is 10.2. The first-order chi connectivity index (χ1) is 10.6. The summed E-state index contributed by atoms with van der Waals surface area (Å²) in [6, 6.07) is 0. The van der Waals surface area contributed by atoms with E-state index in [1.165, 1.54) is 0 Å². The highest BCUT2D eigenvalue weighted by Crippen LogP contribution is 2.74. The van der Waals surface area contributed by atoms with Crippen molar-refractivity contribution < 1.29 is 28.0 Å². The van der Waals surface area contributed by atoms with Gasteiger partial charge in [-0.3, -0.25) is 0 Å². The maximum absolute atomic E-state index is 12.0. The molecule has 6 nitrogen and oxygen atoms in total. The number of hydrogen-bond acceptors (Lipinski definition) is 6. The van der Waals surface area contributed by atoms with Gasteiger partial charge in [-0.2, -0.15) is 0 Å². The lowest BCUT2D eigenvalue weighted by Crippen LogP contribution is -2.30. The van der Waals surface area contributed by atoms with Gasteiger partial charge in [-0.25, -0.2) is 0 Å². The van der Waals surface area contributed by atoms with E-state index in [0.29, 0.717) is 12.8 Å². The minimum absolute atomic E-state index is 0.154. The van der Waals surface area contributed by atoms with Gasteiger partial charge in [0.2, 0.25) is 3.82 Å². The van der Waals surface area contributed by atoms with Crippen molar-refractivity contribution in [3.05, 3.63) is 0 Å². The van der Waals surface area contributed by atoms with E-state index in [0.717, 1.165) is 38.5 Å². The summed E-state index contributed by atoms with van der Waals surface area (Å²) < 4.78 is 30.1. The van der Waals surface area contributed by atoms with Crippen LogP contribution in [0.2, 0.25) is 0 Å². The molecule has 0 spiro atoms. The van der Waals surface area contributed by atoms with Crippen LogP contribution in [0, 0.1) is 0 Å². The average Bonchev–Trinajstić information content (AvgIpc) is 2.46. The van der Waals surface area contributed by atoms with Crippen LogP contribution in [-0.2, 0) is 18.2 Å². The molecular weight excluding hydrogens is 385 g/mol. The summed E-state index contributed by atoms with van der Waals surface area (Å²) in [7, 11) is -10.1. The zero-order valence-electron chi connectivity index (χ0n) is 13.7. The van der Waals surface area contributed by atoms with Crippen molar-refractivity contribution in [2.75, 3.05) is 13.2 Å². The van der Waals surface area contributed by atoms with E-state index >= 15 is 0 Å². The van der Waals surface area contributed by atoms with E-state index in [1.807, 2.05) is 13.8 Å². The molecule has 0 aliphatic carbocycles. The highest BCUT2D eigenvalue weighted by atomic mass is 35.5. The van der Waals surface area contributed by atoms with Crippen molar-refractivity contribution in [3.8, 4) is 0 Å². The average molecular weight is 411 g/mol. The maximum atomic E-state index is 12.0. The fourth-order valence-corrected chi connectivity index (χ4v) is 4.91. The smallest absolute Gasteiger partial charge is 0.243 e. The Bertz CT molecular complexity index is 383. The second-order valence-corrected chi connectivity index (χ2v) is 11.9. The quantitative estimate of drug-likeness (QED) is 0.239. The van der Waals surface area contributed by atoms with Crippen molar-refractivity contribution in [2.45, 2.75) is 69.0 Å². The molecule has 0 rings (SSSR count). The Morgan fingerprint density at radius 3 is 1.43 bits per heavy atom. The van der Waals surface area contributed by atoms with Crippen LogP contribution in [0.25, 0.3) is 0 Å². The summed E-state index contributed by atoms with van der Waals surface area (Å²) in [5.41, 5.74) is 0. The first kappa shape index (κ1) is 23.9. The highest BCUT2D eigenvalue weighted by Gasteiger charge is 2.48. The van der Waals surface area contributed by atoms with Crippen molar-refractivity contribution >= 4 is 38.4 Å². The third-order valence-corrected chi connectivity index (χ3v) is 9.49. The van der Waals surface area contributed by atoms with Crippen LogP contribution in [-0.4, -0.2) is 17.0 Å². The maximum Gasteiger partial charge on any atom is 0.243 e. The molecule has 0 bridgehead atoms. The molecule has 0 aromatic heterocycles. The molecule has 0 aliphatic rings. The van der Waals surface area contributed by atoms with Crippen LogP contribution in [0.1, 0.15) is 65.2 Å². The minimum Gasteiger partial charge on any atom is -0.776 e. The predicted molar refractivity (Wildman–Crippen MR) is 89.8 cm³/mol. The van der Waals surface area contributed by atoms with Crippen LogP contribution >= 0.6 is 38.4 Å². The van der Waals surface area contributed by atoms with Crippen LogP contribution in [0.4, 0.5) is 0 Å². The Morgan fingerprint density at radius 2 is 1.13 bits per heavy atom. The molecule has 0 saturated heterocycles. The zero-order chi connectivity index (χ0) is 18.0. The second-order valence-electron chi connectivity index (χ2n) is 5.29. The molecule has 0 radical (unpaired) electrons. The topological polar surface area (TPSA) is 98.7 Å². The third kappa shape index (κ3) is 8.20. The lowest BCUT2D eigenvalue weighted by Gasteiger charge is -2.42. The van der Waals surface area contributed by atoms with Crippen molar-refractivity contribution in [1.82, 2.24) is 0 Å². The molecule has 0 heterocycles. The van der Waals surface area contributed by atoms with Gasteiger partial charge in [0, 0.05) is 0 Å². The summed E-state index contributed by atoms with van der Waals surface area (Å²) in [5, 5.41) is 0. The first-order valence-electron chi connectivity index (χ1n) is 7.91. The number of alkyl halides is 2. The Kier molecular flexibility index (Phi) is 11.9. The summed E-state index contributed by atoms with van der Waals surface area (Å²) in [5.74, 6) is 0. The molecule has 0 fully saturated rings. The van der Waals surface area contributed by atoms with Gasteiger partial charge in [0.25, 0.3) is 0 Å². The van der Waals surface area contributed by atoms with Crippen LogP contribution in [0.15, 0.2) is 0 Å². The molecule has 0 aromatic carbocycles. The molecule has 0 aromatic rings. The minimum atomic E-state index is -5.05. The molecule has 0 N–H and O–H groups in total. The SMILES string of the molecule is CCCCCCOP(=O)([O-])C(Cl)(Cl)P(=O)([O-])OCCCCCC. The number of hydrogen-bond donors (Lipinski definition) is 0. The largest absolute Gasteiger partial charge is 0.776 e. The van der Waals surface area contributed by atoms with E-state index in [4.69, 9.17) is 23.2 Å². The van der Waals surface area contributed by atoms with Gasteiger partial charge in [-0.1, -0.05) is 75.6 Å². The monoisotopic (exact) mass is 410 g/mol. The summed E-state index contributed by atoms with van der Waals surface area (Å²) in [4.78, 5) is 23.9. The normalized spacial score (nSPS) is 17.7. The molecule has 23 heavy (non-hydrogen) atoms. The van der Waals surface area contributed by atoms with E-state index < -0.39 is 19.0 Å². The van der Waals surface area contributed by atoms with Gasteiger partial charge in [0.05, 0.1) is 13.2 Å². The predicted octanol–water partition coefficient (Wildman–Crippen LogP) is 4.38. The van der Waals surface area contributed by atoms with E-state index in [-0.39, 0.29) is 13.2 Å². The van der Waals surface area contributed by atoms with Gasteiger partial charge in [-0.05, 0) is 12.8 Å². The molecule has 140 valence electrons. The molecule has 0 aliphatic heterocycles. The molecule has 10 heteroatoms. The molecule has 0 amide bonds. The van der Waals surface area contributed by atoms with Crippen LogP contribution in [0.5, 0.6) is 0 Å². The third-order valence-electron chi connectivity index (χ3n) is 3.18. The zero-order valence-corrected chi connectivity index (χ0v) is 17.0. The Balaban J connectivity index is 4.52. The molecule has 0 saturated carbocycles. The van der Waals surface area contributed by atoms with E-state index in [2.05, 4.69) is 9.05 Å². The van der Waals surface area contributed by atoms with Gasteiger partial charge < -0.3 is 28.0 Å². The van der Waals surface area contributed by atoms with Crippen LogP contribution in [0.3, 0.4) is 0 Å². The Morgan fingerprint density at radius 1 is 0.783 bits per heavy atom. The number of rotatable bonds is 14. The Labute approximate surface area is 148 Å². The standard InChI is InChI=1S/C13H28Cl2O6P2/c1-3-5-7-9-11-20-22(16,17)13(14,15)23(18,19)21-12-10-8-6-4-2/h3-12H2,1-2H3,(H,16,17)(H,18,19)/p-2. The van der Waals surface area contributed by atoms with Gasteiger partial charge >= 0.3 is 0 Å². The Hall–Kier alpha value is 0.880. The molecule has 2 unspecified atom stereocenters. The lowest BCUT2D eigenvalue weighted by molar-refractivity contribution is -0.211. The summed E-state index contributed by atoms with van der Waals surface area (Å²) >= 11 is 11.1. The van der Waals surface area contributed by atoms with Gasteiger partial charge in [-0.15, -0.1) is 0 Å². The number of halogens is 2. The fourth-order valence-electron chi connectivity index (χ4n) is 1.73. The van der Waals surface area contributed by atoms with E-state index in [1.54, 1.807) is 0 Å². The molecule has 2 atom stereocenters. The molecular formula is C13H26Cl2O6P2-2. The summed E-state index contributed by atoms with van der Waals surface area (Å²) in [6.07, 6.45) is 6.32. The highest BCUT2D eigenvalue weighted by molar-refractivity contribution is 7.78. The first-order valence-corrected chi connectivity index (χ1v) is 11.8. The fraction of sp³-hybridized carbons (Fsp3) is 1.00. The van der Waals surface area contributed by atoms with E-state index in [9.17, 15) is 18.9 Å². The summed E-state index contributed by atoms with van der Waals surface area (Å²) in [6.45, 7) is 3.71. The van der Waals surface area contributed by atoms with Crippen molar-refractivity contribution in [3.63, 3.8) is 0 Å². The van der Waals surface area contributed by atoms with Gasteiger partial charge in [0.15, 0.2) is 15.2 Å². The van der Waals surface area contributed by atoms with Crippen molar-refractivity contribution in [1.29, 1.82) is 0 Å². The van der Waals surface area contributed by atoms with Crippen LogP contribution < -0.4 is 9.79 Å².